The van der Waals surface area contributed by atoms with Crippen LogP contribution in [0.3, 0.4) is 0 Å². The molecule has 1 aromatic carbocycles. The molecule has 0 aliphatic heterocycles. The molecule has 17 heavy (non-hydrogen) atoms. The number of thioether (sulfide) groups is 1. The highest BCUT2D eigenvalue weighted by atomic mass is 32.2. The van der Waals surface area contributed by atoms with Crippen LogP contribution in [0.25, 0.3) is 0 Å². The first-order chi connectivity index (χ1) is 8.15. The molecule has 0 saturated heterocycles. The fourth-order valence-electron chi connectivity index (χ4n) is 1.38. The van der Waals surface area contributed by atoms with Crippen LogP contribution in [0.5, 0.6) is 0 Å². The van der Waals surface area contributed by atoms with E-state index >= 15 is 0 Å². The van der Waals surface area contributed by atoms with Crippen LogP contribution in [0, 0.1) is 0 Å². The number of anilines is 1. The topological polar surface area (TPSA) is 33.3 Å². The van der Waals surface area contributed by atoms with Crippen molar-refractivity contribution in [2.24, 2.45) is 0 Å². The fourth-order valence-corrected chi connectivity index (χ4v) is 2.16. The monoisotopic (exact) mass is 270 g/mol. The lowest BCUT2D eigenvalue weighted by atomic mass is 10.3. The van der Waals surface area contributed by atoms with Gasteiger partial charge in [-0.25, -0.2) is 0 Å². The number of nitrogens with one attached hydrogen (secondary N) is 2. The van der Waals surface area contributed by atoms with Crippen LogP contribution in [0.2, 0.25) is 0 Å². The maximum Gasteiger partial charge on any atom is 0.171 e. The van der Waals surface area contributed by atoms with E-state index in [0.29, 0.717) is 11.7 Å². The van der Waals surface area contributed by atoms with Gasteiger partial charge in [0.25, 0.3) is 0 Å². The third-order valence-corrected chi connectivity index (χ3v) is 3.07. The van der Waals surface area contributed by atoms with Crippen LogP contribution >= 0.6 is 24.0 Å². The van der Waals surface area contributed by atoms with Crippen molar-refractivity contribution in [3.8, 4) is 0 Å². The second-order valence-electron chi connectivity index (χ2n) is 3.69. The summed E-state index contributed by atoms with van der Waals surface area (Å²) in [6.45, 7) is 2.66. The Hall–Kier alpha value is -0.780. The second kappa shape index (κ2) is 7.53. The average Bonchev–Trinajstić information content (AvgIpc) is 2.29. The van der Waals surface area contributed by atoms with Gasteiger partial charge in [0.2, 0.25) is 0 Å². The molecule has 3 nitrogen and oxygen atoms in total. The summed E-state index contributed by atoms with van der Waals surface area (Å²) in [6.07, 6.45) is 2.05. The van der Waals surface area contributed by atoms with Gasteiger partial charge in [-0.3, -0.25) is 0 Å². The van der Waals surface area contributed by atoms with Crippen LogP contribution in [0.15, 0.2) is 29.2 Å². The van der Waals surface area contributed by atoms with E-state index in [2.05, 4.69) is 29.0 Å². The molecule has 0 heterocycles. The largest absolute Gasteiger partial charge is 0.383 e. The van der Waals surface area contributed by atoms with E-state index < -0.39 is 0 Å². The Morgan fingerprint density at radius 3 is 2.94 bits per heavy atom. The first-order valence-corrected chi connectivity index (χ1v) is 6.99. The molecular weight excluding hydrogens is 252 g/mol. The van der Waals surface area contributed by atoms with Crippen molar-refractivity contribution in [1.29, 1.82) is 0 Å². The molecule has 0 bridgehead atoms. The molecule has 0 fully saturated rings. The maximum atomic E-state index is 5.22. The molecule has 0 amide bonds. The van der Waals surface area contributed by atoms with Gasteiger partial charge < -0.3 is 15.4 Å². The van der Waals surface area contributed by atoms with Crippen molar-refractivity contribution in [2.45, 2.75) is 17.9 Å². The molecule has 94 valence electrons. The van der Waals surface area contributed by atoms with Gasteiger partial charge in [0.15, 0.2) is 5.11 Å². The van der Waals surface area contributed by atoms with Crippen molar-refractivity contribution in [1.82, 2.24) is 5.32 Å². The number of hydrogen-bond acceptors (Lipinski definition) is 3. The lowest BCUT2D eigenvalue weighted by molar-refractivity contribution is 0.179. The lowest BCUT2D eigenvalue weighted by Crippen LogP contribution is -2.38. The molecule has 1 aromatic rings. The molecule has 0 radical (unpaired) electrons. The van der Waals surface area contributed by atoms with Gasteiger partial charge in [-0.1, -0.05) is 6.07 Å². The highest BCUT2D eigenvalue weighted by Gasteiger charge is 2.03. The van der Waals surface area contributed by atoms with Gasteiger partial charge >= 0.3 is 0 Å². The van der Waals surface area contributed by atoms with Gasteiger partial charge in [0.1, 0.15) is 0 Å². The zero-order chi connectivity index (χ0) is 12.7. The van der Waals surface area contributed by atoms with Gasteiger partial charge in [-0.2, -0.15) is 0 Å². The highest BCUT2D eigenvalue weighted by molar-refractivity contribution is 7.98. The number of hydrogen-bond donors (Lipinski definition) is 2. The molecule has 5 heteroatoms. The molecular formula is C12H18N2OS2. The normalized spacial score (nSPS) is 11.9. The summed E-state index contributed by atoms with van der Waals surface area (Å²) < 4.78 is 5.04. The van der Waals surface area contributed by atoms with Crippen molar-refractivity contribution >= 4 is 34.8 Å². The molecule has 0 aliphatic rings. The van der Waals surface area contributed by atoms with Crippen molar-refractivity contribution < 1.29 is 4.74 Å². The Bertz CT molecular complexity index is 371. The summed E-state index contributed by atoms with van der Waals surface area (Å²) in [5.74, 6) is 0. The van der Waals surface area contributed by atoms with Crippen LogP contribution in [-0.2, 0) is 4.74 Å². The minimum atomic E-state index is 0.198. The maximum absolute atomic E-state index is 5.22. The molecule has 1 unspecified atom stereocenters. The standard InChI is InChI=1S/C12H18N2OS2/c1-9(8-15-2)13-12(16)14-10-5-4-6-11(7-10)17-3/h4-7,9H,8H2,1-3H3,(H2,13,14,16). The Morgan fingerprint density at radius 1 is 1.53 bits per heavy atom. The summed E-state index contributed by atoms with van der Waals surface area (Å²) >= 11 is 6.93. The molecule has 0 aromatic heterocycles. The van der Waals surface area contributed by atoms with Gasteiger partial charge in [-0.15, -0.1) is 11.8 Å². The predicted molar refractivity (Wildman–Crippen MR) is 78.9 cm³/mol. The Kier molecular flexibility index (Phi) is 6.32. The number of rotatable bonds is 5. The molecule has 0 saturated carbocycles. The summed E-state index contributed by atoms with van der Waals surface area (Å²) in [4.78, 5) is 1.21. The molecule has 2 N–H and O–H groups in total. The number of ether oxygens (including phenoxy) is 1. The molecule has 0 spiro atoms. The summed E-state index contributed by atoms with van der Waals surface area (Å²) in [5, 5.41) is 6.93. The van der Waals surface area contributed by atoms with Gasteiger partial charge in [0.05, 0.1) is 6.61 Å². The molecule has 0 aliphatic carbocycles. The predicted octanol–water partition coefficient (Wildman–Crippen LogP) is 2.73. The number of benzene rings is 1. The third-order valence-electron chi connectivity index (χ3n) is 2.12. The van der Waals surface area contributed by atoms with Crippen molar-refractivity contribution in [3.63, 3.8) is 0 Å². The zero-order valence-electron chi connectivity index (χ0n) is 10.3. The fraction of sp³-hybridized carbons (Fsp3) is 0.417. The van der Waals surface area contributed by atoms with Crippen molar-refractivity contribution in [2.75, 3.05) is 25.3 Å². The third kappa shape index (κ3) is 5.39. The van der Waals surface area contributed by atoms with E-state index in [1.807, 2.05) is 19.1 Å². The first-order valence-electron chi connectivity index (χ1n) is 5.36. The summed E-state index contributed by atoms with van der Waals surface area (Å²) in [6, 6.07) is 8.34. The van der Waals surface area contributed by atoms with E-state index in [1.54, 1.807) is 18.9 Å². The number of methoxy groups -OCH3 is 1. The summed E-state index contributed by atoms with van der Waals surface area (Å²) in [5.41, 5.74) is 0.999. The van der Waals surface area contributed by atoms with E-state index in [1.165, 1.54) is 4.90 Å². The Balaban J connectivity index is 2.49. The number of thiocarbonyl (C=S) groups is 1. The summed E-state index contributed by atoms with van der Waals surface area (Å²) in [7, 11) is 1.68. The van der Waals surface area contributed by atoms with Crippen LogP contribution < -0.4 is 10.6 Å². The van der Waals surface area contributed by atoms with Crippen LogP contribution in [0.4, 0.5) is 5.69 Å². The minimum Gasteiger partial charge on any atom is -0.383 e. The average molecular weight is 270 g/mol. The highest BCUT2D eigenvalue weighted by Crippen LogP contribution is 2.18. The lowest BCUT2D eigenvalue weighted by Gasteiger charge is -2.16. The quantitative estimate of drug-likeness (QED) is 0.635. The Morgan fingerprint density at radius 2 is 2.29 bits per heavy atom. The van der Waals surface area contributed by atoms with E-state index in [9.17, 15) is 0 Å². The zero-order valence-corrected chi connectivity index (χ0v) is 12.0. The van der Waals surface area contributed by atoms with Crippen LogP contribution in [-0.4, -0.2) is 31.1 Å². The smallest absolute Gasteiger partial charge is 0.171 e. The van der Waals surface area contributed by atoms with Crippen molar-refractivity contribution in [3.05, 3.63) is 24.3 Å². The van der Waals surface area contributed by atoms with Gasteiger partial charge in [0, 0.05) is 23.7 Å². The Labute approximate surface area is 112 Å². The molecule has 1 atom stereocenters. The molecule has 1 rings (SSSR count). The van der Waals surface area contributed by atoms with E-state index in [4.69, 9.17) is 17.0 Å². The van der Waals surface area contributed by atoms with Gasteiger partial charge in [-0.05, 0) is 43.6 Å². The van der Waals surface area contributed by atoms with E-state index in [0.717, 1.165) is 5.69 Å². The SMILES string of the molecule is COCC(C)NC(=S)Nc1cccc(SC)c1. The van der Waals surface area contributed by atoms with E-state index in [-0.39, 0.29) is 6.04 Å². The second-order valence-corrected chi connectivity index (χ2v) is 4.97. The minimum absolute atomic E-state index is 0.198. The first kappa shape index (κ1) is 14.3. The van der Waals surface area contributed by atoms with Crippen LogP contribution in [0.1, 0.15) is 6.92 Å².